The second-order valence-corrected chi connectivity index (χ2v) is 6.01. The van der Waals surface area contributed by atoms with Gasteiger partial charge in [-0.25, -0.2) is 4.79 Å². The highest BCUT2D eigenvalue weighted by atomic mass is 32.2. The Bertz CT molecular complexity index is 400. The average Bonchev–Trinajstić information content (AvgIpc) is 2.89. The summed E-state index contributed by atoms with van der Waals surface area (Å²) >= 11 is 1.86. The molecule has 0 saturated carbocycles. The van der Waals surface area contributed by atoms with E-state index in [1.165, 1.54) is 0 Å². The van der Waals surface area contributed by atoms with E-state index in [1.807, 2.05) is 11.8 Å². The Hall–Kier alpha value is -1.24. The number of nitrogens with one attached hydrogen (secondary N) is 3. The first-order valence-corrected chi connectivity index (χ1v) is 7.35. The van der Waals surface area contributed by atoms with Crippen LogP contribution in [-0.4, -0.2) is 38.8 Å². The van der Waals surface area contributed by atoms with Crippen LogP contribution in [0, 0.1) is 5.92 Å². The van der Waals surface area contributed by atoms with Crippen molar-refractivity contribution < 1.29 is 4.79 Å². The molecule has 0 radical (unpaired) electrons. The van der Waals surface area contributed by atoms with Crippen molar-refractivity contribution in [2.75, 3.05) is 16.8 Å². The standard InChI is InChI=1S/C11H19N5OS/c1-7(2)5-9-13-10(16-15-9)14-11(17)12-8-3-4-18-6-8/h7-8H,3-6H2,1-2H3,(H3,12,13,14,15,16,17)/t8-/m1/s1. The van der Waals surface area contributed by atoms with E-state index in [1.54, 1.807) is 0 Å². The van der Waals surface area contributed by atoms with E-state index in [2.05, 4.69) is 39.7 Å². The summed E-state index contributed by atoms with van der Waals surface area (Å²) in [6.45, 7) is 4.22. The van der Waals surface area contributed by atoms with Crippen molar-refractivity contribution in [2.45, 2.75) is 32.7 Å². The fourth-order valence-corrected chi connectivity index (χ4v) is 2.95. The predicted octanol–water partition coefficient (Wildman–Crippen LogP) is 1.63. The molecular formula is C11H19N5OS. The molecular weight excluding hydrogens is 250 g/mol. The number of urea groups is 1. The van der Waals surface area contributed by atoms with E-state index in [0.717, 1.165) is 30.2 Å². The molecule has 3 N–H and O–H groups in total. The molecule has 0 spiro atoms. The van der Waals surface area contributed by atoms with Gasteiger partial charge in [-0.2, -0.15) is 16.7 Å². The Kier molecular flexibility index (Phi) is 4.46. The Balaban J connectivity index is 1.81. The van der Waals surface area contributed by atoms with Gasteiger partial charge in [-0.15, -0.1) is 5.10 Å². The maximum atomic E-state index is 11.7. The fourth-order valence-electron chi connectivity index (χ4n) is 1.80. The zero-order valence-electron chi connectivity index (χ0n) is 10.7. The normalized spacial score (nSPS) is 19.2. The minimum atomic E-state index is -0.224. The largest absolute Gasteiger partial charge is 0.334 e. The molecule has 1 saturated heterocycles. The molecule has 2 rings (SSSR count). The molecule has 1 atom stereocenters. The number of carbonyl (C=O) groups is 1. The van der Waals surface area contributed by atoms with Crippen molar-refractivity contribution in [3.05, 3.63) is 5.82 Å². The summed E-state index contributed by atoms with van der Waals surface area (Å²) in [6.07, 6.45) is 1.86. The van der Waals surface area contributed by atoms with Crippen LogP contribution in [0.1, 0.15) is 26.1 Å². The van der Waals surface area contributed by atoms with Crippen LogP contribution in [0.15, 0.2) is 0 Å². The van der Waals surface area contributed by atoms with Gasteiger partial charge < -0.3 is 5.32 Å². The lowest BCUT2D eigenvalue weighted by Gasteiger charge is -2.10. The Morgan fingerprint density at radius 3 is 3.11 bits per heavy atom. The lowest BCUT2D eigenvalue weighted by molar-refractivity contribution is 0.249. The summed E-state index contributed by atoms with van der Waals surface area (Å²) in [4.78, 5) is 15.9. The smallest absolute Gasteiger partial charge is 0.321 e. The topological polar surface area (TPSA) is 82.7 Å². The van der Waals surface area contributed by atoms with Gasteiger partial charge in [0, 0.05) is 18.2 Å². The van der Waals surface area contributed by atoms with Crippen LogP contribution in [0.5, 0.6) is 0 Å². The van der Waals surface area contributed by atoms with Gasteiger partial charge in [-0.3, -0.25) is 10.4 Å². The van der Waals surface area contributed by atoms with Crippen LogP contribution >= 0.6 is 11.8 Å². The summed E-state index contributed by atoms with van der Waals surface area (Å²) in [7, 11) is 0. The third-order valence-corrected chi connectivity index (χ3v) is 3.79. The predicted molar refractivity (Wildman–Crippen MR) is 72.8 cm³/mol. The summed E-state index contributed by atoms with van der Waals surface area (Å²) < 4.78 is 0. The molecule has 100 valence electrons. The number of hydrogen-bond donors (Lipinski definition) is 3. The van der Waals surface area contributed by atoms with Crippen molar-refractivity contribution in [3.8, 4) is 0 Å². The monoisotopic (exact) mass is 269 g/mol. The SMILES string of the molecule is CC(C)Cc1nc(NC(=O)N[C@@H]2CCSC2)n[nH]1. The quantitative estimate of drug-likeness (QED) is 0.776. The van der Waals surface area contributed by atoms with Gasteiger partial charge in [-0.05, 0) is 18.1 Å². The van der Waals surface area contributed by atoms with E-state index < -0.39 is 0 Å². The zero-order valence-corrected chi connectivity index (χ0v) is 11.5. The number of carbonyl (C=O) groups excluding carboxylic acids is 1. The minimum Gasteiger partial charge on any atom is -0.334 e. The third-order valence-electron chi connectivity index (χ3n) is 2.62. The number of aromatic nitrogens is 3. The van der Waals surface area contributed by atoms with Crippen LogP contribution < -0.4 is 10.6 Å². The van der Waals surface area contributed by atoms with Gasteiger partial charge in [0.1, 0.15) is 5.82 Å². The number of nitrogens with zero attached hydrogens (tertiary/aromatic N) is 2. The van der Waals surface area contributed by atoms with E-state index in [4.69, 9.17) is 0 Å². The van der Waals surface area contributed by atoms with E-state index >= 15 is 0 Å². The molecule has 2 heterocycles. The maximum absolute atomic E-state index is 11.7. The molecule has 6 nitrogen and oxygen atoms in total. The van der Waals surface area contributed by atoms with Crippen molar-refractivity contribution >= 4 is 23.7 Å². The number of hydrogen-bond acceptors (Lipinski definition) is 4. The molecule has 1 aliphatic rings. The second-order valence-electron chi connectivity index (χ2n) is 4.86. The first-order valence-electron chi connectivity index (χ1n) is 6.20. The van der Waals surface area contributed by atoms with Crippen LogP contribution in [0.2, 0.25) is 0 Å². The molecule has 1 aliphatic heterocycles. The first kappa shape index (κ1) is 13.2. The fraction of sp³-hybridized carbons (Fsp3) is 0.727. The summed E-state index contributed by atoms with van der Waals surface area (Å²) in [6, 6.07) is 0.0432. The van der Waals surface area contributed by atoms with Crippen LogP contribution in [0.3, 0.4) is 0 Å². The Morgan fingerprint density at radius 2 is 2.44 bits per heavy atom. The van der Waals surface area contributed by atoms with E-state index in [0.29, 0.717) is 11.9 Å². The van der Waals surface area contributed by atoms with Crippen molar-refractivity contribution in [1.82, 2.24) is 20.5 Å². The molecule has 18 heavy (non-hydrogen) atoms. The van der Waals surface area contributed by atoms with Gasteiger partial charge in [0.05, 0.1) is 0 Å². The average molecular weight is 269 g/mol. The maximum Gasteiger partial charge on any atom is 0.321 e. The van der Waals surface area contributed by atoms with Crippen LogP contribution in [0.25, 0.3) is 0 Å². The highest BCUT2D eigenvalue weighted by Crippen LogP contribution is 2.16. The molecule has 0 aliphatic carbocycles. The number of amides is 2. The van der Waals surface area contributed by atoms with E-state index in [-0.39, 0.29) is 12.1 Å². The van der Waals surface area contributed by atoms with Gasteiger partial charge in [0.2, 0.25) is 5.95 Å². The van der Waals surface area contributed by atoms with Crippen molar-refractivity contribution in [1.29, 1.82) is 0 Å². The van der Waals surface area contributed by atoms with Crippen LogP contribution in [0.4, 0.5) is 10.7 Å². The summed E-state index contributed by atoms with van der Waals surface area (Å²) in [5, 5.41) is 12.4. The first-order chi connectivity index (χ1) is 8.63. The summed E-state index contributed by atoms with van der Waals surface area (Å²) in [5.74, 6) is 3.75. The van der Waals surface area contributed by atoms with Gasteiger partial charge >= 0.3 is 6.03 Å². The molecule has 1 aromatic rings. The third kappa shape index (κ3) is 3.90. The number of anilines is 1. The molecule has 7 heteroatoms. The number of H-pyrrole nitrogens is 1. The number of rotatable bonds is 4. The van der Waals surface area contributed by atoms with Gasteiger partial charge in [0.15, 0.2) is 0 Å². The van der Waals surface area contributed by atoms with Crippen molar-refractivity contribution in [3.63, 3.8) is 0 Å². The molecule has 1 fully saturated rings. The minimum absolute atomic E-state index is 0.224. The molecule has 0 unspecified atom stereocenters. The lowest BCUT2D eigenvalue weighted by atomic mass is 10.1. The highest BCUT2D eigenvalue weighted by Gasteiger charge is 2.18. The van der Waals surface area contributed by atoms with Gasteiger partial charge in [0.25, 0.3) is 0 Å². The second kappa shape index (κ2) is 6.08. The van der Waals surface area contributed by atoms with E-state index in [9.17, 15) is 4.79 Å². The Morgan fingerprint density at radius 1 is 1.61 bits per heavy atom. The molecule has 0 aromatic carbocycles. The number of thioether (sulfide) groups is 1. The van der Waals surface area contributed by atoms with Crippen LogP contribution in [-0.2, 0) is 6.42 Å². The molecule has 0 bridgehead atoms. The summed E-state index contributed by atoms with van der Waals surface area (Å²) in [5.41, 5.74) is 0. The highest BCUT2D eigenvalue weighted by molar-refractivity contribution is 7.99. The lowest BCUT2D eigenvalue weighted by Crippen LogP contribution is -2.38. The van der Waals surface area contributed by atoms with Crippen molar-refractivity contribution in [2.24, 2.45) is 5.92 Å². The number of aromatic amines is 1. The zero-order chi connectivity index (χ0) is 13.0. The Labute approximate surface area is 111 Å². The molecule has 1 aromatic heterocycles. The van der Waals surface area contributed by atoms with Gasteiger partial charge in [-0.1, -0.05) is 13.8 Å². The molecule has 2 amide bonds.